The Labute approximate surface area is 80.6 Å². The van der Waals surface area contributed by atoms with E-state index in [1.165, 1.54) is 0 Å². The minimum absolute atomic E-state index is 0.684. The van der Waals surface area contributed by atoms with Crippen molar-refractivity contribution < 1.29 is 10.2 Å². The van der Waals surface area contributed by atoms with Crippen LogP contribution in [0.5, 0.6) is 0 Å². The number of rotatable bonds is 2. The van der Waals surface area contributed by atoms with Crippen molar-refractivity contribution in [1.82, 2.24) is 0 Å². The Bertz CT molecular complexity index is 238. The van der Waals surface area contributed by atoms with Gasteiger partial charge < -0.3 is 10.2 Å². The molecule has 1 rings (SSSR count). The molecule has 0 aromatic heterocycles. The van der Waals surface area contributed by atoms with Crippen molar-refractivity contribution >= 4 is 8.07 Å². The minimum atomic E-state index is -1.19. The summed E-state index contributed by atoms with van der Waals surface area (Å²) in [6.45, 7) is 6.77. The fourth-order valence-corrected chi connectivity index (χ4v) is 3.04. The maximum Gasteiger partial charge on any atom is 0.104 e. The number of allylic oxidation sites excluding steroid dienone is 2. The van der Waals surface area contributed by atoms with Crippen molar-refractivity contribution in [1.29, 1.82) is 0 Å². The topological polar surface area (TPSA) is 40.5 Å². The Morgan fingerprint density at radius 2 is 1.92 bits per heavy atom. The summed E-state index contributed by atoms with van der Waals surface area (Å²) in [6, 6.07) is 0.954. The Kier molecular flexibility index (Phi) is 3.11. The van der Waals surface area contributed by atoms with Gasteiger partial charge in [-0.1, -0.05) is 37.9 Å². The SMILES string of the molecule is C[Si](C)(C)CC1=CC=C[C@H](O)[C@@H]1O. The second kappa shape index (κ2) is 3.78. The molecule has 0 aromatic carbocycles. The highest BCUT2D eigenvalue weighted by Gasteiger charge is 2.25. The van der Waals surface area contributed by atoms with Crippen LogP contribution in [0.1, 0.15) is 0 Å². The first kappa shape index (κ1) is 10.7. The number of aliphatic hydroxyl groups excluding tert-OH is 2. The predicted molar refractivity (Wildman–Crippen MR) is 57.4 cm³/mol. The van der Waals surface area contributed by atoms with Gasteiger partial charge in [-0.15, -0.1) is 0 Å². The normalized spacial score (nSPS) is 28.8. The molecule has 0 fully saturated rings. The van der Waals surface area contributed by atoms with Gasteiger partial charge in [0.25, 0.3) is 0 Å². The average Bonchev–Trinajstić information content (AvgIpc) is 1.96. The number of hydrogen-bond acceptors (Lipinski definition) is 2. The van der Waals surface area contributed by atoms with Crippen molar-refractivity contribution in [3.63, 3.8) is 0 Å². The van der Waals surface area contributed by atoms with Crippen LogP contribution < -0.4 is 0 Å². The van der Waals surface area contributed by atoms with E-state index in [2.05, 4.69) is 19.6 Å². The van der Waals surface area contributed by atoms with Crippen LogP contribution in [0.15, 0.2) is 23.8 Å². The molecule has 1 aliphatic rings. The van der Waals surface area contributed by atoms with Gasteiger partial charge in [0.1, 0.15) is 12.2 Å². The standard InChI is InChI=1S/C10H18O2Si/c1-13(2,3)7-8-5-4-6-9(11)10(8)12/h4-6,9-12H,7H2,1-3H3/t9-,10+/m0/s1. The molecule has 2 N–H and O–H groups in total. The summed E-state index contributed by atoms with van der Waals surface area (Å²) in [7, 11) is -1.19. The van der Waals surface area contributed by atoms with E-state index < -0.39 is 20.3 Å². The van der Waals surface area contributed by atoms with Gasteiger partial charge in [-0.25, -0.2) is 0 Å². The van der Waals surface area contributed by atoms with Gasteiger partial charge in [-0.2, -0.15) is 0 Å². The van der Waals surface area contributed by atoms with E-state index in [-0.39, 0.29) is 0 Å². The Morgan fingerprint density at radius 3 is 2.46 bits per heavy atom. The monoisotopic (exact) mass is 198 g/mol. The van der Waals surface area contributed by atoms with Gasteiger partial charge in [-0.3, -0.25) is 0 Å². The third-order valence-corrected chi connectivity index (χ3v) is 3.53. The number of aliphatic hydroxyl groups is 2. The summed E-state index contributed by atoms with van der Waals surface area (Å²) in [5.74, 6) is 0. The van der Waals surface area contributed by atoms with Gasteiger partial charge in [0.2, 0.25) is 0 Å². The Hall–Kier alpha value is -0.383. The van der Waals surface area contributed by atoms with Crippen LogP contribution in [0.2, 0.25) is 25.7 Å². The summed E-state index contributed by atoms with van der Waals surface area (Å²) in [5, 5.41) is 19.0. The van der Waals surface area contributed by atoms with Crippen molar-refractivity contribution in [3.8, 4) is 0 Å². The van der Waals surface area contributed by atoms with Gasteiger partial charge in [0, 0.05) is 8.07 Å². The Morgan fingerprint density at radius 1 is 1.31 bits per heavy atom. The first-order valence-corrected chi connectivity index (χ1v) is 8.34. The number of hydrogen-bond donors (Lipinski definition) is 2. The minimum Gasteiger partial charge on any atom is -0.386 e. The molecular formula is C10H18O2Si. The van der Waals surface area contributed by atoms with E-state index in [0.717, 1.165) is 11.6 Å². The summed E-state index contributed by atoms with van der Waals surface area (Å²) < 4.78 is 0. The lowest BCUT2D eigenvalue weighted by atomic mass is 10.0. The highest BCUT2D eigenvalue weighted by molar-refractivity contribution is 6.76. The third-order valence-electron chi connectivity index (χ3n) is 2.06. The lowest BCUT2D eigenvalue weighted by molar-refractivity contribution is 0.0714. The second-order valence-corrected chi connectivity index (χ2v) is 10.3. The molecule has 0 aliphatic heterocycles. The van der Waals surface area contributed by atoms with Gasteiger partial charge in [0.05, 0.1) is 0 Å². The summed E-state index contributed by atoms with van der Waals surface area (Å²) in [5.41, 5.74) is 0.981. The van der Waals surface area contributed by atoms with Crippen LogP contribution >= 0.6 is 0 Å². The van der Waals surface area contributed by atoms with E-state index in [1.54, 1.807) is 6.08 Å². The Balaban J connectivity index is 2.69. The molecule has 0 radical (unpaired) electrons. The van der Waals surface area contributed by atoms with Gasteiger partial charge >= 0.3 is 0 Å². The van der Waals surface area contributed by atoms with Gasteiger partial charge in [-0.05, 0) is 11.6 Å². The van der Waals surface area contributed by atoms with E-state index >= 15 is 0 Å². The summed E-state index contributed by atoms with van der Waals surface area (Å²) >= 11 is 0. The molecule has 3 heteroatoms. The van der Waals surface area contributed by atoms with E-state index in [9.17, 15) is 10.2 Å². The van der Waals surface area contributed by atoms with E-state index in [0.29, 0.717) is 0 Å². The molecule has 2 atom stereocenters. The van der Waals surface area contributed by atoms with Crippen LogP contribution in [0.25, 0.3) is 0 Å². The maximum atomic E-state index is 9.65. The van der Waals surface area contributed by atoms with Crippen LogP contribution in [0, 0.1) is 0 Å². The molecule has 0 saturated heterocycles. The zero-order chi connectivity index (χ0) is 10.1. The van der Waals surface area contributed by atoms with Crippen LogP contribution in [-0.4, -0.2) is 30.5 Å². The molecule has 0 aromatic rings. The molecule has 0 spiro atoms. The fraction of sp³-hybridized carbons (Fsp3) is 0.600. The highest BCUT2D eigenvalue weighted by Crippen LogP contribution is 2.23. The lowest BCUT2D eigenvalue weighted by Gasteiger charge is -2.26. The van der Waals surface area contributed by atoms with Crippen molar-refractivity contribution in [2.45, 2.75) is 37.9 Å². The molecule has 13 heavy (non-hydrogen) atoms. The van der Waals surface area contributed by atoms with Crippen LogP contribution in [0.3, 0.4) is 0 Å². The predicted octanol–water partition coefficient (Wildman–Crippen LogP) is 1.54. The van der Waals surface area contributed by atoms with Crippen molar-refractivity contribution in [2.75, 3.05) is 0 Å². The molecule has 0 amide bonds. The quantitative estimate of drug-likeness (QED) is 0.661. The zero-order valence-electron chi connectivity index (χ0n) is 8.49. The third kappa shape index (κ3) is 3.10. The first-order valence-electron chi connectivity index (χ1n) is 4.63. The van der Waals surface area contributed by atoms with Crippen LogP contribution in [0.4, 0.5) is 0 Å². The smallest absolute Gasteiger partial charge is 0.104 e. The first-order chi connectivity index (χ1) is 5.90. The lowest BCUT2D eigenvalue weighted by Crippen LogP contribution is -2.32. The molecule has 74 valence electrons. The summed E-state index contributed by atoms with van der Waals surface area (Å²) in [6.07, 6.45) is 3.98. The van der Waals surface area contributed by atoms with E-state index in [1.807, 2.05) is 12.2 Å². The molecule has 0 bridgehead atoms. The molecule has 0 unspecified atom stereocenters. The van der Waals surface area contributed by atoms with Crippen molar-refractivity contribution in [2.24, 2.45) is 0 Å². The average molecular weight is 198 g/mol. The molecule has 0 heterocycles. The van der Waals surface area contributed by atoms with Crippen LogP contribution in [-0.2, 0) is 0 Å². The van der Waals surface area contributed by atoms with E-state index in [4.69, 9.17) is 0 Å². The highest BCUT2D eigenvalue weighted by atomic mass is 28.3. The zero-order valence-corrected chi connectivity index (χ0v) is 9.49. The molecular weight excluding hydrogens is 180 g/mol. The second-order valence-electron chi connectivity index (χ2n) is 4.80. The van der Waals surface area contributed by atoms with Gasteiger partial charge in [0.15, 0.2) is 0 Å². The maximum absolute atomic E-state index is 9.65. The fourth-order valence-electron chi connectivity index (χ4n) is 1.49. The van der Waals surface area contributed by atoms with Crippen molar-refractivity contribution in [3.05, 3.63) is 23.8 Å². The summed E-state index contributed by atoms with van der Waals surface area (Å²) in [4.78, 5) is 0. The molecule has 0 saturated carbocycles. The molecule has 1 aliphatic carbocycles. The largest absolute Gasteiger partial charge is 0.386 e. The molecule has 2 nitrogen and oxygen atoms in total.